The van der Waals surface area contributed by atoms with E-state index in [1.165, 1.54) is 16.3 Å². The normalized spacial score (nSPS) is 11.0. The maximum atomic E-state index is 12.4. The van der Waals surface area contributed by atoms with Crippen molar-refractivity contribution in [2.75, 3.05) is 11.1 Å². The zero-order valence-electron chi connectivity index (χ0n) is 15.4. The monoisotopic (exact) mass is 389 g/mol. The number of fused-ring (bicyclic) bond motifs is 2. The van der Waals surface area contributed by atoms with Crippen molar-refractivity contribution in [3.8, 4) is 0 Å². The predicted molar refractivity (Wildman–Crippen MR) is 115 cm³/mol. The number of rotatable bonds is 5. The molecule has 4 rings (SSSR count). The molecule has 0 spiro atoms. The second-order valence-corrected chi connectivity index (χ2v) is 7.51. The summed E-state index contributed by atoms with van der Waals surface area (Å²) in [6.07, 6.45) is 0.330. The molecular formula is C22H19N3O2S. The van der Waals surface area contributed by atoms with Crippen LogP contribution in [0.15, 0.2) is 76.7 Å². The number of nitrogens with zero attached hydrogens (tertiary/aromatic N) is 2. The standard InChI is InChI=1S/C22H19N3O2S/c1-25-21(27)17-10-4-5-11-19(17)24-22(25)28-14-13-20(26)23-18-12-6-8-15-7-2-3-9-16(15)18/h2-12H,13-14H2,1H3,(H,23,26). The Morgan fingerprint density at radius 3 is 2.57 bits per heavy atom. The van der Waals surface area contributed by atoms with Crippen LogP contribution in [0.25, 0.3) is 21.7 Å². The molecule has 1 N–H and O–H groups in total. The van der Waals surface area contributed by atoms with Crippen molar-refractivity contribution < 1.29 is 4.79 Å². The number of carbonyl (C=O) groups is 1. The summed E-state index contributed by atoms with van der Waals surface area (Å²) >= 11 is 1.41. The molecule has 140 valence electrons. The van der Waals surface area contributed by atoms with Crippen LogP contribution >= 0.6 is 11.8 Å². The Hall–Kier alpha value is -3.12. The molecule has 5 nitrogen and oxygen atoms in total. The highest BCUT2D eigenvalue weighted by Crippen LogP contribution is 2.23. The van der Waals surface area contributed by atoms with Crippen LogP contribution in [-0.4, -0.2) is 21.2 Å². The van der Waals surface area contributed by atoms with E-state index in [2.05, 4.69) is 10.3 Å². The van der Waals surface area contributed by atoms with Crippen LogP contribution in [0.5, 0.6) is 0 Å². The highest BCUT2D eigenvalue weighted by Gasteiger charge is 2.10. The van der Waals surface area contributed by atoms with E-state index in [1.807, 2.05) is 60.7 Å². The van der Waals surface area contributed by atoms with Gasteiger partial charge in [0.1, 0.15) is 0 Å². The van der Waals surface area contributed by atoms with Gasteiger partial charge in [-0.25, -0.2) is 4.98 Å². The highest BCUT2D eigenvalue weighted by atomic mass is 32.2. The summed E-state index contributed by atoms with van der Waals surface area (Å²) in [6.45, 7) is 0. The van der Waals surface area contributed by atoms with Gasteiger partial charge in [0.2, 0.25) is 5.91 Å². The number of nitrogens with one attached hydrogen (secondary N) is 1. The van der Waals surface area contributed by atoms with Crippen molar-refractivity contribution in [3.63, 3.8) is 0 Å². The van der Waals surface area contributed by atoms with Gasteiger partial charge in [0.15, 0.2) is 5.16 Å². The van der Waals surface area contributed by atoms with Gasteiger partial charge in [0.25, 0.3) is 5.56 Å². The number of hydrogen-bond acceptors (Lipinski definition) is 4. The summed E-state index contributed by atoms with van der Waals surface area (Å²) in [4.78, 5) is 29.4. The van der Waals surface area contributed by atoms with Crippen LogP contribution in [0.1, 0.15) is 6.42 Å². The number of amides is 1. The summed E-state index contributed by atoms with van der Waals surface area (Å²) in [5, 5.41) is 6.30. The largest absolute Gasteiger partial charge is 0.325 e. The molecule has 6 heteroatoms. The Labute approximate surface area is 166 Å². The number of aromatic nitrogens is 2. The number of hydrogen-bond donors (Lipinski definition) is 1. The summed E-state index contributed by atoms with van der Waals surface area (Å²) in [7, 11) is 1.71. The molecule has 0 fully saturated rings. The molecule has 1 aromatic heterocycles. The van der Waals surface area contributed by atoms with Crippen molar-refractivity contribution in [2.45, 2.75) is 11.6 Å². The third kappa shape index (κ3) is 3.64. The van der Waals surface area contributed by atoms with Gasteiger partial charge in [0, 0.05) is 30.3 Å². The Balaban J connectivity index is 1.44. The first-order valence-electron chi connectivity index (χ1n) is 8.99. The molecule has 0 saturated carbocycles. The zero-order chi connectivity index (χ0) is 19.5. The van der Waals surface area contributed by atoms with Crippen LogP contribution in [0.2, 0.25) is 0 Å². The van der Waals surface area contributed by atoms with Crippen LogP contribution in [0, 0.1) is 0 Å². The summed E-state index contributed by atoms with van der Waals surface area (Å²) in [5.74, 6) is 0.476. The highest BCUT2D eigenvalue weighted by molar-refractivity contribution is 7.99. The maximum Gasteiger partial charge on any atom is 0.261 e. The molecule has 3 aromatic carbocycles. The van der Waals surface area contributed by atoms with E-state index in [0.29, 0.717) is 28.2 Å². The van der Waals surface area contributed by atoms with Crippen LogP contribution in [-0.2, 0) is 11.8 Å². The Bertz CT molecular complexity index is 1230. The van der Waals surface area contributed by atoms with Crippen molar-refractivity contribution >= 4 is 45.0 Å². The van der Waals surface area contributed by atoms with Gasteiger partial charge < -0.3 is 5.32 Å². The second-order valence-electron chi connectivity index (χ2n) is 6.45. The molecule has 1 heterocycles. The number of thioether (sulfide) groups is 1. The van der Waals surface area contributed by atoms with Crippen molar-refractivity contribution in [2.24, 2.45) is 7.05 Å². The van der Waals surface area contributed by atoms with E-state index in [4.69, 9.17) is 0 Å². The summed E-state index contributed by atoms with van der Waals surface area (Å²) in [5.41, 5.74) is 1.41. The van der Waals surface area contributed by atoms with E-state index in [9.17, 15) is 9.59 Å². The molecule has 1 amide bonds. The van der Waals surface area contributed by atoms with Gasteiger partial charge in [0.05, 0.1) is 10.9 Å². The first-order valence-corrected chi connectivity index (χ1v) is 9.98. The predicted octanol–water partition coefficient (Wildman–Crippen LogP) is 4.21. The number of para-hydroxylation sites is 1. The van der Waals surface area contributed by atoms with Crippen molar-refractivity contribution in [1.82, 2.24) is 9.55 Å². The van der Waals surface area contributed by atoms with E-state index in [1.54, 1.807) is 13.1 Å². The molecule has 0 radical (unpaired) electrons. The molecule has 4 aromatic rings. The minimum atomic E-state index is -0.0756. The molecule has 0 saturated heterocycles. The molecular weight excluding hydrogens is 370 g/mol. The van der Waals surface area contributed by atoms with Gasteiger partial charge in [-0.05, 0) is 23.6 Å². The molecule has 0 unspecified atom stereocenters. The molecule has 28 heavy (non-hydrogen) atoms. The molecule has 0 aliphatic rings. The number of carbonyl (C=O) groups excluding carboxylic acids is 1. The second kappa shape index (κ2) is 7.86. The fourth-order valence-electron chi connectivity index (χ4n) is 3.11. The zero-order valence-corrected chi connectivity index (χ0v) is 16.2. The van der Waals surface area contributed by atoms with Gasteiger partial charge in [-0.3, -0.25) is 14.2 Å². The topological polar surface area (TPSA) is 64.0 Å². The van der Waals surface area contributed by atoms with Crippen molar-refractivity contribution in [3.05, 3.63) is 77.1 Å². The first kappa shape index (κ1) is 18.3. The van der Waals surface area contributed by atoms with E-state index in [0.717, 1.165) is 16.5 Å². The molecule has 0 bridgehead atoms. The first-order chi connectivity index (χ1) is 13.6. The summed E-state index contributed by atoms with van der Waals surface area (Å²) < 4.78 is 1.54. The van der Waals surface area contributed by atoms with Crippen LogP contribution < -0.4 is 10.9 Å². The maximum absolute atomic E-state index is 12.4. The minimum absolute atomic E-state index is 0.0605. The molecule has 0 atom stereocenters. The summed E-state index contributed by atoms with van der Waals surface area (Å²) in [6, 6.07) is 21.1. The van der Waals surface area contributed by atoms with Crippen LogP contribution in [0.3, 0.4) is 0 Å². The smallest absolute Gasteiger partial charge is 0.261 e. The van der Waals surface area contributed by atoms with Gasteiger partial charge in [-0.2, -0.15) is 0 Å². The van der Waals surface area contributed by atoms with Crippen LogP contribution in [0.4, 0.5) is 5.69 Å². The quantitative estimate of drug-likeness (QED) is 0.410. The third-order valence-electron chi connectivity index (χ3n) is 4.57. The van der Waals surface area contributed by atoms with Crippen molar-refractivity contribution in [1.29, 1.82) is 0 Å². The van der Waals surface area contributed by atoms with Gasteiger partial charge >= 0.3 is 0 Å². The molecule has 0 aliphatic heterocycles. The number of anilines is 1. The fourth-order valence-corrected chi connectivity index (χ4v) is 4.02. The van der Waals surface area contributed by atoms with E-state index in [-0.39, 0.29) is 11.5 Å². The van der Waals surface area contributed by atoms with Gasteiger partial charge in [-0.1, -0.05) is 60.3 Å². The average Bonchev–Trinajstić information content (AvgIpc) is 2.72. The lowest BCUT2D eigenvalue weighted by Gasteiger charge is -2.10. The Kier molecular flexibility index (Phi) is 5.12. The van der Waals surface area contributed by atoms with Gasteiger partial charge in [-0.15, -0.1) is 0 Å². The van der Waals surface area contributed by atoms with E-state index < -0.39 is 0 Å². The lowest BCUT2D eigenvalue weighted by Crippen LogP contribution is -2.20. The SMILES string of the molecule is Cn1c(SCCC(=O)Nc2cccc3ccccc23)nc2ccccc2c1=O. The lowest BCUT2D eigenvalue weighted by molar-refractivity contribution is -0.115. The third-order valence-corrected chi connectivity index (χ3v) is 5.60. The Morgan fingerprint density at radius 2 is 1.71 bits per heavy atom. The number of benzene rings is 3. The molecule has 0 aliphatic carbocycles. The minimum Gasteiger partial charge on any atom is -0.325 e. The average molecular weight is 389 g/mol. The fraction of sp³-hybridized carbons (Fsp3) is 0.136. The lowest BCUT2D eigenvalue weighted by atomic mass is 10.1. The Morgan fingerprint density at radius 1 is 1.00 bits per heavy atom. The van der Waals surface area contributed by atoms with E-state index >= 15 is 0 Å².